The summed E-state index contributed by atoms with van der Waals surface area (Å²) < 4.78 is 15.0. The molecule has 0 aliphatic carbocycles. The van der Waals surface area contributed by atoms with Gasteiger partial charge in [0.1, 0.15) is 18.2 Å². The van der Waals surface area contributed by atoms with Gasteiger partial charge in [0.15, 0.2) is 5.82 Å². The summed E-state index contributed by atoms with van der Waals surface area (Å²) in [6.45, 7) is 3.06. The smallest absolute Gasteiger partial charge is 0.244 e. The van der Waals surface area contributed by atoms with Gasteiger partial charge < -0.3 is 4.90 Å². The minimum atomic E-state index is -0.314. The molecule has 2 aromatic heterocycles. The molecule has 8 nitrogen and oxygen atoms in total. The first-order valence-corrected chi connectivity index (χ1v) is 11.2. The van der Waals surface area contributed by atoms with Gasteiger partial charge in [-0.1, -0.05) is 12.1 Å². The maximum Gasteiger partial charge on any atom is 0.244 e. The molecule has 1 aromatic carbocycles. The molecule has 5 rings (SSSR count). The number of hydrogen-bond donors (Lipinski definition) is 0. The molecule has 1 fully saturated rings. The van der Waals surface area contributed by atoms with Crippen LogP contribution in [0.4, 0.5) is 10.2 Å². The maximum absolute atomic E-state index is 13.3. The first-order valence-electron chi connectivity index (χ1n) is 11.2. The van der Waals surface area contributed by atoms with E-state index in [-0.39, 0.29) is 30.2 Å². The molecule has 4 heterocycles. The summed E-state index contributed by atoms with van der Waals surface area (Å²) in [6.07, 6.45) is 6.03. The number of anilines is 1. The molecule has 0 radical (unpaired) electrons. The summed E-state index contributed by atoms with van der Waals surface area (Å²) in [7, 11) is 0. The molecule has 2 aliphatic rings. The number of aryl methyl sites for hydroxylation is 1. The zero-order valence-electron chi connectivity index (χ0n) is 18.4. The van der Waals surface area contributed by atoms with E-state index in [2.05, 4.69) is 5.10 Å². The fraction of sp³-hybridized carbons (Fsp3) is 0.375. The zero-order chi connectivity index (χ0) is 22.9. The van der Waals surface area contributed by atoms with Crippen molar-refractivity contribution in [3.63, 3.8) is 0 Å². The third kappa shape index (κ3) is 4.22. The standard InChI is InChI=1S/C24H25FN6O2/c1-16-19-9-10-21(32)31(14-17-5-7-18(25)8-6-17)24(19)28-23(27-16)20-4-2-13-30(20)22(33)15-29-12-3-11-26-29/h3,5-8,11-12,20H,2,4,9-10,13-15H2,1H3/t20-/m0/s1. The van der Waals surface area contributed by atoms with Crippen molar-refractivity contribution in [2.24, 2.45) is 0 Å². The van der Waals surface area contributed by atoms with E-state index in [0.717, 1.165) is 29.7 Å². The summed E-state index contributed by atoms with van der Waals surface area (Å²) in [4.78, 5) is 38.9. The summed E-state index contributed by atoms with van der Waals surface area (Å²) in [6, 6.07) is 7.70. The van der Waals surface area contributed by atoms with Crippen molar-refractivity contribution >= 4 is 17.6 Å². The molecule has 1 atom stereocenters. The van der Waals surface area contributed by atoms with Crippen LogP contribution in [0.15, 0.2) is 42.7 Å². The second-order valence-corrected chi connectivity index (χ2v) is 8.52. The predicted octanol–water partition coefficient (Wildman–Crippen LogP) is 2.96. The molecule has 1 saturated heterocycles. The van der Waals surface area contributed by atoms with Gasteiger partial charge in [0, 0.05) is 36.6 Å². The molecule has 0 N–H and O–H groups in total. The molecule has 2 aliphatic heterocycles. The first-order chi connectivity index (χ1) is 16.0. The van der Waals surface area contributed by atoms with Crippen molar-refractivity contribution in [1.29, 1.82) is 0 Å². The van der Waals surface area contributed by atoms with Crippen LogP contribution in [-0.2, 0) is 29.1 Å². The lowest BCUT2D eigenvalue weighted by molar-refractivity contribution is -0.133. The molecule has 2 amide bonds. The Labute approximate surface area is 191 Å². The number of likely N-dealkylation sites (tertiary alicyclic amines) is 1. The molecule has 0 bridgehead atoms. The number of fused-ring (bicyclic) bond motifs is 1. The summed E-state index contributed by atoms with van der Waals surface area (Å²) in [5.41, 5.74) is 2.61. The number of nitrogens with zero attached hydrogens (tertiary/aromatic N) is 6. The number of rotatable bonds is 5. The van der Waals surface area contributed by atoms with Gasteiger partial charge in [-0.15, -0.1) is 0 Å². The van der Waals surface area contributed by atoms with Crippen molar-refractivity contribution in [3.05, 3.63) is 71.2 Å². The number of benzene rings is 1. The van der Waals surface area contributed by atoms with E-state index < -0.39 is 0 Å². The second-order valence-electron chi connectivity index (χ2n) is 8.52. The number of halogens is 1. The Morgan fingerprint density at radius 2 is 2.00 bits per heavy atom. The molecule has 33 heavy (non-hydrogen) atoms. The van der Waals surface area contributed by atoms with E-state index in [4.69, 9.17) is 9.97 Å². The number of carbonyl (C=O) groups excluding carboxylic acids is 2. The monoisotopic (exact) mass is 448 g/mol. The fourth-order valence-electron chi connectivity index (χ4n) is 4.64. The van der Waals surface area contributed by atoms with E-state index in [1.807, 2.05) is 11.8 Å². The lowest BCUT2D eigenvalue weighted by atomic mass is 10.0. The first kappa shape index (κ1) is 21.2. The Hall–Kier alpha value is -3.62. The predicted molar refractivity (Wildman–Crippen MR) is 119 cm³/mol. The molecule has 0 unspecified atom stereocenters. The average Bonchev–Trinajstić information content (AvgIpc) is 3.49. The minimum Gasteiger partial charge on any atom is -0.331 e. The van der Waals surface area contributed by atoms with E-state index in [1.54, 1.807) is 40.2 Å². The van der Waals surface area contributed by atoms with Gasteiger partial charge in [0.2, 0.25) is 11.8 Å². The molecular weight excluding hydrogens is 423 g/mol. The van der Waals surface area contributed by atoms with Crippen LogP contribution in [0.5, 0.6) is 0 Å². The Kier molecular flexibility index (Phi) is 5.62. The Morgan fingerprint density at radius 1 is 1.18 bits per heavy atom. The lowest BCUT2D eigenvalue weighted by Gasteiger charge is -2.31. The van der Waals surface area contributed by atoms with Gasteiger partial charge in [-0.3, -0.25) is 19.2 Å². The molecule has 170 valence electrons. The molecule has 9 heteroatoms. The van der Waals surface area contributed by atoms with Crippen LogP contribution in [0.1, 0.15) is 47.9 Å². The Bertz CT molecular complexity index is 1180. The van der Waals surface area contributed by atoms with Crippen LogP contribution in [0.3, 0.4) is 0 Å². The Morgan fingerprint density at radius 3 is 2.76 bits per heavy atom. The van der Waals surface area contributed by atoms with Crippen LogP contribution in [-0.4, -0.2) is 43.0 Å². The topological polar surface area (TPSA) is 84.2 Å². The second kappa shape index (κ2) is 8.73. The van der Waals surface area contributed by atoms with Crippen LogP contribution >= 0.6 is 0 Å². The van der Waals surface area contributed by atoms with Crippen molar-refractivity contribution in [2.75, 3.05) is 11.4 Å². The highest BCUT2D eigenvalue weighted by Crippen LogP contribution is 2.35. The van der Waals surface area contributed by atoms with Crippen LogP contribution in [0, 0.1) is 12.7 Å². The highest BCUT2D eigenvalue weighted by atomic mass is 19.1. The van der Waals surface area contributed by atoms with Crippen molar-refractivity contribution in [2.45, 2.75) is 51.7 Å². The maximum atomic E-state index is 13.3. The quantitative estimate of drug-likeness (QED) is 0.599. The number of carbonyl (C=O) groups is 2. The average molecular weight is 449 g/mol. The van der Waals surface area contributed by atoms with E-state index >= 15 is 0 Å². The third-order valence-electron chi connectivity index (χ3n) is 6.34. The highest BCUT2D eigenvalue weighted by Gasteiger charge is 2.35. The zero-order valence-corrected chi connectivity index (χ0v) is 18.4. The SMILES string of the molecule is Cc1nc([C@@H]2CCCN2C(=O)Cn2cccn2)nc2c1CCC(=O)N2Cc1ccc(F)cc1. The van der Waals surface area contributed by atoms with Gasteiger partial charge in [-0.05, 0) is 49.9 Å². The molecule has 3 aromatic rings. The van der Waals surface area contributed by atoms with Gasteiger partial charge in [-0.25, -0.2) is 14.4 Å². The number of amides is 2. The van der Waals surface area contributed by atoms with Crippen molar-refractivity contribution in [3.8, 4) is 0 Å². The molecular formula is C24H25FN6O2. The molecule has 0 spiro atoms. The normalized spacial score (nSPS) is 18.0. The van der Waals surface area contributed by atoms with Gasteiger partial charge in [0.25, 0.3) is 0 Å². The van der Waals surface area contributed by atoms with E-state index in [0.29, 0.717) is 37.6 Å². The highest BCUT2D eigenvalue weighted by molar-refractivity contribution is 5.95. The van der Waals surface area contributed by atoms with Crippen molar-refractivity contribution < 1.29 is 14.0 Å². The molecule has 0 saturated carbocycles. The number of aromatic nitrogens is 4. The summed E-state index contributed by atoms with van der Waals surface area (Å²) in [5, 5.41) is 4.13. The summed E-state index contributed by atoms with van der Waals surface area (Å²) >= 11 is 0. The van der Waals surface area contributed by atoms with Crippen molar-refractivity contribution in [1.82, 2.24) is 24.6 Å². The van der Waals surface area contributed by atoms with Crippen LogP contribution in [0.25, 0.3) is 0 Å². The number of hydrogen-bond acceptors (Lipinski definition) is 5. The Balaban J connectivity index is 1.45. The van der Waals surface area contributed by atoms with Gasteiger partial charge >= 0.3 is 0 Å². The third-order valence-corrected chi connectivity index (χ3v) is 6.34. The van der Waals surface area contributed by atoms with Crippen LogP contribution in [0.2, 0.25) is 0 Å². The largest absolute Gasteiger partial charge is 0.331 e. The fourth-order valence-corrected chi connectivity index (χ4v) is 4.64. The van der Waals surface area contributed by atoms with E-state index in [1.165, 1.54) is 12.1 Å². The van der Waals surface area contributed by atoms with Crippen LogP contribution < -0.4 is 4.90 Å². The lowest BCUT2D eigenvalue weighted by Crippen LogP contribution is -2.38. The summed E-state index contributed by atoms with van der Waals surface area (Å²) in [5.74, 6) is 0.805. The minimum absolute atomic E-state index is 0.0195. The van der Waals surface area contributed by atoms with Gasteiger partial charge in [-0.2, -0.15) is 5.10 Å². The van der Waals surface area contributed by atoms with Gasteiger partial charge in [0.05, 0.1) is 12.6 Å². The van der Waals surface area contributed by atoms with E-state index in [9.17, 15) is 14.0 Å².